The molecule has 7 nitrogen and oxygen atoms in total. The van der Waals surface area contributed by atoms with E-state index in [1.807, 2.05) is 6.07 Å². The Morgan fingerprint density at radius 3 is 2.96 bits per heavy atom. The molecule has 0 bridgehead atoms. The smallest absolute Gasteiger partial charge is 0.234 e. The minimum absolute atomic E-state index is 0.0588. The van der Waals surface area contributed by atoms with Crippen molar-refractivity contribution in [3.05, 3.63) is 23.9 Å². The first kappa shape index (κ1) is 16.7. The molecule has 2 aliphatic rings. The number of pyridine rings is 1. The van der Waals surface area contributed by atoms with Crippen LogP contribution in [-0.4, -0.2) is 67.8 Å². The Morgan fingerprint density at radius 1 is 1.42 bits per heavy atom. The molecule has 0 unspecified atom stereocenters. The van der Waals surface area contributed by atoms with Crippen molar-refractivity contribution in [3.63, 3.8) is 0 Å². The lowest BCUT2D eigenvalue weighted by atomic mass is 10.2. The van der Waals surface area contributed by atoms with Crippen molar-refractivity contribution >= 4 is 11.7 Å². The summed E-state index contributed by atoms with van der Waals surface area (Å²) in [6.45, 7) is 5.08. The summed E-state index contributed by atoms with van der Waals surface area (Å²) in [5.41, 5.74) is 0.621. The fourth-order valence-corrected chi connectivity index (χ4v) is 3.09. The molecule has 1 N–H and O–H groups in total. The summed E-state index contributed by atoms with van der Waals surface area (Å²) >= 11 is 0. The molecular weight excluding hydrogens is 306 g/mol. The fourth-order valence-electron chi connectivity index (χ4n) is 3.09. The standard InChI is InChI=1S/C17H23N5O2/c18-11-14-3-4-19-16(10-14)22-7-5-21(6-8-22)13-17(23)20-12-15-2-1-9-24-15/h3-4,10,15H,1-2,5-9,12-13H2,(H,20,23)/t15-/m0/s1. The van der Waals surface area contributed by atoms with Gasteiger partial charge in [-0.15, -0.1) is 0 Å². The number of nitrogens with one attached hydrogen (secondary N) is 1. The molecule has 7 heteroatoms. The van der Waals surface area contributed by atoms with Crippen LogP contribution in [-0.2, 0) is 9.53 Å². The van der Waals surface area contributed by atoms with Gasteiger partial charge >= 0.3 is 0 Å². The molecule has 1 atom stereocenters. The van der Waals surface area contributed by atoms with Crippen molar-refractivity contribution in [1.29, 1.82) is 5.26 Å². The predicted molar refractivity (Wildman–Crippen MR) is 89.6 cm³/mol. The molecule has 1 aromatic heterocycles. The SMILES string of the molecule is N#Cc1ccnc(N2CCN(CC(=O)NC[C@@H]3CCCO3)CC2)c1. The summed E-state index contributed by atoms with van der Waals surface area (Å²) in [7, 11) is 0. The van der Waals surface area contributed by atoms with E-state index in [2.05, 4.69) is 26.2 Å². The highest BCUT2D eigenvalue weighted by atomic mass is 16.5. The number of nitrogens with zero attached hydrogens (tertiary/aromatic N) is 4. The summed E-state index contributed by atoms with van der Waals surface area (Å²) in [5, 5.41) is 11.9. The third-order valence-corrected chi connectivity index (χ3v) is 4.49. The number of hydrogen-bond donors (Lipinski definition) is 1. The normalized spacial score (nSPS) is 21.5. The zero-order valence-corrected chi connectivity index (χ0v) is 13.8. The van der Waals surface area contributed by atoms with Crippen molar-refractivity contribution in [2.75, 3.05) is 50.8 Å². The van der Waals surface area contributed by atoms with Gasteiger partial charge in [0.1, 0.15) is 5.82 Å². The molecule has 3 rings (SSSR count). The molecule has 0 aromatic carbocycles. The van der Waals surface area contributed by atoms with E-state index in [1.54, 1.807) is 12.3 Å². The third kappa shape index (κ3) is 4.43. The van der Waals surface area contributed by atoms with Crippen LogP contribution >= 0.6 is 0 Å². The first-order valence-corrected chi connectivity index (χ1v) is 8.46. The predicted octanol–water partition coefficient (Wildman–Crippen LogP) is 0.370. The number of anilines is 1. The largest absolute Gasteiger partial charge is 0.376 e. The molecular formula is C17H23N5O2. The van der Waals surface area contributed by atoms with Crippen molar-refractivity contribution in [1.82, 2.24) is 15.2 Å². The Labute approximate surface area is 142 Å². The molecule has 3 heterocycles. The quantitative estimate of drug-likeness (QED) is 0.841. The molecule has 1 amide bonds. The van der Waals surface area contributed by atoms with E-state index in [0.717, 1.165) is 51.4 Å². The second-order valence-electron chi connectivity index (χ2n) is 6.22. The monoisotopic (exact) mass is 329 g/mol. The van der Waals surface area contributed by atoms with Gasteiger partial charge in [0, 0.05) is 45.5 Å². The summed E-state index contributed by atoms with van der Waals surface area (Å²) in [5.74, 6) is 0.889. The Morgan fingerprint density at radius 2 is 2.25 bits per heavy atom. The lowest BCUT2D eigenvalue weighted by Gasteiger charge is -2.35. The second-order valence-corrected chi connectivity index (χ2v) is 6.22. The fraction of sp³-hybridized carbons (Fsp3) is 0.588. The van der Waals surface area contributed by atoms with Crippen molar-refractivity contribution in [3.8, 4) is 6.07 Å². The van der Waals surface area contributed by atoms with E-state index in [0.29, 0.717) is 18.7 Å². The zero-order chi connectivity index (χ0) is 16.8. The number of rotatable bonds is 5. The highest BCUT2D eigenvalue weighted by Gasteiger charge is 2.21. The molecule has 24 heavy (non-hydrogen) atoms. The number of carbonyl (C=O) groups excluding carboxylic acids is 1. The van der Waals surface area contributed by atoms with Gasteiger partial charge in [0.15, 0.2) is 0 Å². The van der Waals surface area contributed by atoms with Gasteiger partial charge in [0.05, 0.1) is 24.3 Å². The number of amides is 1. The maximum Gasteiger partial charge on any atom is 0.234 e. The minimum Gasteiger partial charge on any atom is -0.376 e. The van der Waals surface area contributed by atoms with E-state index in [9.17, 15) is 4.79 Å². The van der Waals surface area contributed by atoms with E-state index >= 15 is 0 Å². The number of carbonyl (C=O) groups is 1. The molecule has 128 valence electrons. The second kappa shape index (κ2) is 8.08. The number of piperazine rings is 1. The third-order valence-electron chi connectivity index (χ3n) is 4.49. The van der Waals surface area contributed by atoms with E-state index < -0.39 is 0 Å². The van der Waals surface area contributed by atoms with Crippen LogP contribution in [0.3, 0.4) is 0 Å². The van der Waals surface area contributed by atoms with Crippen molar-refractivity contribution in [2.24, 2.45) is 0 Å². The van der Waals surface area contributed by atoms with Crippen LogP contribution < -0.4 is 10.2 Å². The number of aromatic nitrogens is 1. The maximum atomic E-state index is 12.0. The van der Waals surface area contributed by atoms with Crippen molar-refractivity contribution in [2.45, 2.75) is 18.9 Å². The van der Waals surface area contributed by atoms with E-state index in [-0.39, 0.29) is 12.0 Å². The summed E-state index contributed by atoms with van der Waals surface area (Å²) < 4.78 is 5.51. The van der Waals surface area contributed by atoms with Gasteiger partial charge in [-0.2, -0.15) is 5.26 Å². The molecule has 0 radical (unpaired) electrons. The molecule has 2 saturated heterocycles. The first-order valence-electron chi connectivity index (χ1n) is 8.46. The van der Waals surface area contributed by atoms with Crippen LogP contribution in [0.5, 0.6) is 0 Å². The summed E-state index contributed by atoms with van der Waals surface area (Å²) in [6.07, 6.45) is 3.97. The van der Waals surface area contributed by atoms with Crippen molar-refractivity contribution < 1.29 is 9.53 Å². The average Bonchev–Trinajstić information content (AvgIpc) is 3.14. The van der Waals surface area contributed by atoms with Gasteiger partial charge in [-0.3, -0.25) is 9.69 Å². The topological polar surface area (TPSA) is 81.5 Å². The molecule has 0 aliphatic carbocycles. The molecule has 2 aliphatic heterocycles. The Balaban J connectivity index is 1.41. The van der Waals surface area contributed by atoms with Crippen LogP contribution in [0.1, 0.15) is 18.4 Å². The minimum atomic E-state index is 0.0588. The van der Waals surface area contributed by atoms with Gasteiger partial charge in [-0.1, -0.05) is 0 Å². The Bertz CT molecular complexity index is 601. The summed E-state index contributed by atoms with van der Waals surface area (Å²) in [6, 6.07) is 5.65. The number of nitriles is 1. The first-order chi connectivity index (χ1) is 11.7. The number of hydrogen-bond acceptors (Lipinski definition) is 6. The van der Waals surface area contributed by atoms with E-state index in [4.69, 9.17) is 10.00 Å². The highest BCUT2D eigenvalue weighted by molar-refractivity contribution is 5.78. The lowest BCUT2D eigenvalue weighted by molar-refractivity contribution is -0.122. The number of ether oxygens (including phenoxy) is 1. The zero-order valence-electron chi connectivity index (χ0n) is 13.8. The Kier molecular flexibility index (Phi) is 5.62. The molecule has 2 fully saturated rings. The molecule has 1 aromatic rings. The van der Waals surface area contributed by atoms with Crippen LogP contribution in [0.25, 0.3) is 0 Å². The maximum absolute atomic E-state index is 12.0. The average molecular weight is 329 g/mol. The van der Waals surface area contributed by atoms with E-state index in [1.165, 1.54) is 0 Å². The lowest BCUT2D eigenvalue weighted by Crippen LogP contribution is -2.50. The molecule has 0 spiro atoms. The summed E-state index contributed by atoms with van der Waals surface area (Å²) in [4.78, 5) is 20.7. The van der Waals surface area contributed by atoms with Crippen LogP contribution in [0.4, 0.5) is 5.82 Å². The van der Waals surface area contributed by atoms with Crippen LogP contribution in [0.15, 0.2) is 18.3 Å². The van der Waals surface area contributed by atoms with Gasteiger partial charge in [-0.05, 0) is 25.0 Å². The van der Waals surface area contributed by atoms with Gasteiger partial charge in [-0.25, -0.2) is 4.98 Å². The van der Waals surface area contributed by atoms with Crippen LogP contribution in [0.2, 0.25) is 0 Å². The molecule has 0 saturated carbocycles. The van der Waals surface area contributed by atoms with Crippen LogP contribution in [0, 0.1) is 11.3 Å². The Hall–Kier alpha value is -2.17. The van der Waals surface area contributed by atoms with Gasteiger partial charge in [0.25, 0.3) is 0 Å². The van der Waals surface area contributed by atoms with Gasteiger partial charge < -0.3 is 15.0 Å². The highest BCUT2D eigenvalue weighted by Crippen LogP contribution is 2.15. The van der Waals surface area contributed by atoms with Gasteiger partial charge in [0.2, 0.25) is 5.91 Å².